The lowest BCUT2D eigenvalue weighted by Crippen LogP contribution is -2.20. The molecule has 0 fully saturated rings. The Morgan fingerprint density at radius 1 is 1.21 bits per heavy atom. The van der Waals surface area contributed by atoms with Crippen molar-refractivity contribution in [1.29, 1.82) is 0 Å². The zero-order valence-electron chi connectivity index (χ0n) is 15.9. The quantitative estimate of drug-likeness (QED) is 0.632. The van der Waals surface area contributed by atoms with E-state index in [9.17, 15) is 9.59 Å². The molecule has 2 amide bonds. The van der Waals surface area contributed by atoms with Gasteiger partial charge in [0.2, 0.25) is 5.91 Å². The predicted molar refractivity (Wildman–Crippen MR) is 107 cm³/mol. The summed E-state index contributed by atoms with van der Waals surface area (Å²) >= 11 is 1.30. The molecule has 146 valence electrons. The van der Waals surface area contributed by atoms with Crippen molar-refractivity contribution in [3.05, 3.63) is 52.6 Å². The number of carbonyl (C=O) groups excluding carboxylic acids is 2. The van der Waals surface area contributed by atoms with Crippen molar-refractivity contribution in [3.63, 3.8) is 0 Å². The Labute approximate surface area is 166 Å². The fourth-order valence-corrected chi connectivity index (χ4v) is 3.16. The Bertz CT molecular complexity index is 993. The average Bonchev–Trinajstić information content (AvgIpc) is 3.30. The van der Waals surface area contributed by atoms with Gasteiger partial charge in [0.15, 0.2) is 17.5 Å². The second-order valence-electron chi connectivity index (χ2n) is 6.25. The van der Waals surface area contributed by atoms with Crippen LogP contribution >= 0.6 is 11.3 Å². The third kappa shape index (κ3) is 4.98. The second-order valence-corrected chi connectivity index (χ2v) is 7.11. The molecule has 0 aliphatic heterocycles. The molecule has 3 aromatic rings. The van der Waals surface area contributed by atoms with E-state index in [-0.39, 0.29) is 18.4 Å². The minimum Gasteiger partial charge on any atom is -0.483 e. The van der Waals surface area contributed by atoms with Gasteiger partial charge in [-0.25, -0.2) is 4.98 Å². The molecule has 0 spiro atoms. The number of hydrogen-bond acceptors (Lipinski definition) is 6. The summed E-state index contributed by atoms with van der Waals surface area (Å²) in [7, 11) is 0. The van der Waals surface area contributed by atoms with E-state index in [0.717, 1.165) is 11.1 Å². The number of thiazole rings is 1. The summed E-state index contributed by atoms with van der Waals surface area (Å²) in [5, 5.41) is 7.66. The number of benzene rings is 1. The van der Waals surface area contributed by atoms with E-state index in [1.165, 1.54) is 18.3 Å². The molecule has 0 saturated heterocycles. The molecule has 0 aliphatic rings. The maximum absolute atomic E-state index is 12.1. The second kappa shape index (κ2) is 8.71. The molecular weight excluding hydrogens is 378 g/mol. The normalized spacial score (nSPS) is 10.5. The Balaban J connectivity index is 1.56. The van der Waals surface area contributed by atoms with E-state index < -0.39 is 0 Å². The Morgan fingerprint density at radius 2 is 2.04 bits per heavy atom. The van der Waals surface area contributed by atoms with Crippen LogP contribution in [0.5, 0.6) is 5.75 Å². The van der Waals surface area contributed by atoms with Crippen LogP contribution in [0.1, 0.15) is 23.8 Å². The molecule has 2 heterocycles. The van der Waals surface area contributed by atoms with E-state index in [0.29, 0.717) is 34.6 Å². The number of ether oxygens (including phenoxy) is 1. The first kappa shape index (κ1) is 19.6. The lowest BCUT2D eigenvalue weighted by Gasteiger charge is -2.10. The summed E-state index contributed by atoms with van der Waals surface area (Å²) in [4.78, 5) is 27.5. The van der Waals surface area contributed by atoms with Gasteiger partial charge in [0.1, 0.15) is 17.2 Å². The smallest absolute Gasteiger partial charge is 0.264 e. The average molecular weight is 399 g/mol. The maximum atomic E-state index is 12.1. The van der Waals surface area contributed by atoms with Crippen LogP contribution < -0.4 is 15.4 Å². The first-order valence-electron chi connectivity index (χ1n) is 8.70. The Hall–Kier alpha value is -3.13. The third-order valence-electron chi connectivity index (χ3n) is 4.09. The number of hydrogen-bond donors (Lipinski definition) is 2. The zero-order valence-corrected chi connectivity index (χ0v) is 16.7. The summed E-state index contributed by atoms with van der Waals surface area (Å²) in [5.74, 6) is 1.49. The molecule has 2 aromatic heterocycles. The molecule has 0 aliphatic carbocycles. The van der Waals surface area contributed by atoms with Crippen LogP contribution in [-0.2, 0) is 16.1 Å². The summed E-state index contributed by atoms with van der Waals surface area (Å²) in [6, 6.07) is 9.29. The van der Waals surface area contributed by atoms with Gasteiger partial charge >= 0.3 is 0 Å². The van der Waals surface area contributed by atoms with Crippen LogP contribution in [0.25, 0.3) is 11.5 Å². The molecule has 28 heavy (non-hydrogen) atoms. The molecule has 2 N–H and O–H groups in total. The fourth-order valence-electron chi connectivity index (χ4n) is 2.45. The first-order valence-corrected chi connectivity index (χ1v) is 9.58. The lowest BCUT2D eigenvalue weighted by molar-refractivity contribution is -0.119. The monoisotopic (exact) mass is 399 g/mol. The fraction of sp³-hybridized carbons (Fsp3) is 0.250. The van der Waals surface area contributed by atoms with Crippen molar-refractivity contribution < 1.29 is 18.7 Å². The number of furan rings is 1. The van der Waals surface area contributed by atoms with Crippen LogP contribution in [0, 0.1) is 13.8 Å². The van der Waals surface area contributed by atoms with E-state index >= 15 is 0 Å². The maximum Gasteiger partial charge on any atom is 0.264 e. The van der Waals surface area contributed by atoms with Crippen LogP contribution in [0.3, 0.4) is 0 Å². The Kier molecular flexibility index (Phi) is 6.10. The minimum atomic E-state index is -0.285. The highest BCUT2D eigenvalue weighted by Crippen LogP contribution is 2.27. The number of anilines is 1. The number of amides is 2. The van der Waals surface area contributed by atoms with E-state index in [4.69, 9.17) is 9.15 Å². The van der Waals surface area contributed by atoms with E-state index in [1.807, 2.05) is 32.0 Å². The van der Waals surface area contributed by atoms with Gasteiger partial charge in [-0.15, -0.1) is 11.3 Å². The molecule has 0 unspecified atom stereocenters. The lowest BCUT2D eigenvalue weighted by atomic mass is 10.1. The largest absolute Gasteiger partial charge is 0.483 e. The van der Waals surface area contributed by atoms with Crippen molar-refractivity contribution in [3.8, 4) is 17.2 Å². The van der Waals surface area contributed by atoms with Crippen molar-refractivity contribution >= 4 is 28.3 Å². The molecule has 0 atom stereocenters. The van der Waals surface area contributed by atoms with Gasteiger partial charge in [0.25, 0.3) is 5.91 Å². The van der Waals surface area contributed by atoms with Gasteiger partial charge in [-0.05, 0) is 43.2 Å². The SMILES string of the molecule is CC(=O)NCc1ccc(-c2csc(NC(=O)COc3cccc(C)c3C)n2)o1. The number of rotatable bonds is 7. The highest BCUT2D eigenvalue weighted by molar-refractivity contribution is 7.14. The molecular formula is C20H21N3O4S. The third-order valence-corrected chi connectivity index (χ3v) is 4.85. The summed E-state index contributed by atoms with van der Waals surface area (Å²) in [6.45, 7) is 5.62. The number of nitrogens with one attached hydrogen (secondary N) is 2. The van der Waals surface area contributed by atoms with Gasteiger partial charge in [-0.3, -0.25) is 14.9 Å². The van der Waals surface area contributed by atoms with Crippen LogP contribution in [-0.4, -0.2) is 23.4 Å². The van der Waals surface area contributed by atoms with E-state index in [1.54, 1.807) is 17.5 Å². The van der Waals surface area contributed by atoms with Crippen LogP contribution in [0.4, 0.5) is 5.13 Å². The number of carbonyl (C=O) groups is 2. The topological polar surface area (TPSA) is 93.5 Å². The molecule has 3 rings (SSSR count). The standard InChI is InChI=1S/C20H21N3O4S/c1-12-5-4-6-17(13(12)2)26-10-19(25)23-20-22-16(11-28-20)18-8-7-15(27-18)9-21-14(3)24/h4-8,11H,9-10H2,1-3H3,(H,21,24)(H,22,23,25). The summed E-state index contributed by atoms with van der Waals surface area (Å²) in [5.41, 5.74) is 2.74. The van der Waals surface area contributed by atoms with Crippen molar-refractivity contribution in [2.45, 2.75) is 27.3 Å². The zero-order chi connectivity index (χ0) is 20.1. The molecule has 1 aromatic carbocycles. The first-order chi connectivity index (χ1) is 13.4. The Morgan fingerprint density at radius 3 is 2.82 bits per heavy atom. The molecule has 7 nitrogen and oxygen atoms in total. The number of aryl methyl sites for hydroxylation is 1. The minimum absolute atomic E-state index is 0.0964. The number of nitrogens with zero attached hydrogens (tertiary/aromatic N) is 1. The van der Waals surface area contributed by atoms with Gasteiger partial charge in [0.05, 0.1) is 6.54 Å². The number of aromatic nitrogens is 1. The van der Waals surface area contributed by atoms with Gasteiger partial charge in [-0.2, -0.15) is 0 Å². The molecule has 0 bridgehead atoms. The molecule has 0 radical (unpaired) electrons. The predicted octanol–water partition coefficient (Wildman–Crippen LogP) is 3.67. The summed E-state index contributed by atoms with van der Waals surface area (Å²) in [6.07, 6.45) is 0. The van der Waals surface area contributed by atoms with Crippen LogP contribution in [0.2, 0.25) is 0 Å². The van der Waals surface area contributed by atoms with Crippen molar-refractivity contribution in [2.75, 3.05) is 11.9 Å². The molecule has 8 heteroatoms. The summed E-state index contributed by atoms with van der Waals surface area (Å²) < 4.78 is 11.3. The molecule has 0 saturated carbocycles. The highest BCUT2D eigenvalue weighted by Gasteiger charge is 2.12. The highest BCUT2D eigenvalue weighted by atomic mass is 32.1. The van der Waals surface area contributed by atoms with Gasteiger partial charge < -0.3 is 14.5 Å². The van der Waals surface area contributed by atoms with Crippen molar-refractivity contribution in [2.24, 2.45) is 0 Å². The van der Waals surface area contributed by atoms with Gasteiger partial charge in [-0.1, -0.05) is 12.1 Å². The van der Waals surface area contributed by atoms with Crippen LogP contribution in [0.15, 0.2) is 40.1 Å². The van der Waals surface area contributed by atoms with Crippen molar-refractivity contribution in [1.82, 2.24) is 10.3 Å². The van der Waals surface area contributed by atoms with E-state index in [2.05, 4.69) is 15.6 Å². The van der Waals surface area contributed by atoms with Gasteiger partial charge in [0, 0.05) is 12.3 Å².